The van der Waals surface area contributed by atoms with Gasteiger partial charge in [0.25, 0.3) is 0 Å². The summed E-state index contributed by atoms with van der Waals surface area (Å²) in [6, 6.07) is 5.85. The normalized spacial score (nSPS) is 17.6. The van der Waals surface area contributed by atoms with Gasteiger partial charge in [0.05, 0.1) is 5.92 Å². The fourth-order valence-electron chi connectivity index (χ4n) is 2.28. The second-order valence-electron chi connectivity index (χ2n) is 4.28. The molecule has 1 aliphatic heterocycles. The van der Waals surface area contributed by atoms with Crippen LogP contribution in [-0.2, 0) is 0 Å². The molecule has 0 spiro atoms. The van der Waals surface area contributed by atoms with E-state index in [9.17, 15) is 5.26 Å². The molecule has 0 fully saturated rings. The highest BCUT2D eigenvalue weighted by Crippen LogP contribution is 2.42. The number of aromatic amines is 1. The molecule has 1 aliphatic rings. The molecular formula is C13H11N5O. The molecule has 94 valence electrons. The lowest BCUT2D eigenvalue weighted by atomic mass is 9.85. The van der Waals surface area contributed by atoms with Gasteiger partial charge in [0, 0.05) is 23.7 Å². The van der Waals surface area contributed by atoms with Crippen LogP contribution in [0.1, 0.15) is 22.7 Å². The number of nitrogens with zero attached hydrogens (tertiary/aromatic N) is 3. The van der Waals surface area contributed by atoms with Crippen molar-refractivity contribution in [3.63, 3.8) is 0 Å². The first-order valence-electron chi connectivity index (χ1n) is 5.74. The average Bonchev–Trinajstić information content (AvgIpc) is 2.79. The maximum atomic E-state index is 9.33. The van der Waals surface area contributed by atoms with E-state index in [0.717, 1.165) is 16.8 Å². The van der Waals surface area contributed by atoms with E-state index in [2.05, 4.69) is 21.3 Å². The SMILES string of the molecule is Cc1[nH]nc2c1[C@@H](c1cccnc1)C(C#N)=C(N)O2. The highest BCUT2D eigenvalue weighted by Gasteiger charge is 2.34. The van der Waals surface area contributed by atoms with Crippen LogP contribution in [0.25, 0.3) is 0 Å². The summed E-state index contributed by atoms with van der Waals surface area (Å²) in [7, 11) is 0. The Hall–Kier alpha value is -2.81. The molecule has 6 heteroatoms. The van der Waals surface area contributed by atoms with Crippen molar-refractivity contribution in [1.82, 2.24) is 15.2 Å². The third-order valence-corrected chi connectivity index (χ3v) is 3.15. The fraction of sp³-hybridized carbons (Fsp3) is 0.154. The zero-order valence-corrected chi connectivity index (χ0v) is 10.2. The smallest absolute Gasteiger partial charge is 0.244 e. The number of nitrogens with two attached hydrogens (primary N) is 1. The van der Waals surface area contributed by atoms with Crippen LogP contribution in [-0.4, -0.2) is 15.2 Å². The number of pyridine rings is 1. The highest BCUT2D eigenvalue weighted by atomic mass is 16.5. The van der Waals surface area contributed by atoms with E-state index < -0.39 is 0 Å². The number of H-pyrrole nitrogens is 1. The summed E-state index contributed by atoms with van der Waals surface area (Å²) >= 11 is 0. The first-order chi connectivity index (χ1) is 9.22. The Balaban J connectivity index is 2.25. The number of allylic oxidation sites excluding steroid dienone is 1. The van der Waals surface area contributed by atoms with Crippen LogP contribution < -0.4 is 10.5 Å². The van der Waals surface area contributed by atoms with E-state index >= 15 is 0 Å². The van der Waals surface area contributed by atoms with Crippen LogP contribution >= 0.6 is 0 Å². The van der Waals surface area contributed by atoms with E-state index in [-0.39, 0.29) is 11.8 Å². The zero-order valence-electron chi connectivity index (χ0n) is 10.2. The summed E-state index contributed by atoms with van der Waals surface area (Å²) < 4.78 is 5.38. The molecule has 3 rings (SSSR count). The minimum absolute atomic E-state index is 0.0929. The van der Waals surface area contributed by atoms with Gasteiger partial charge in [-0.15, -0.1) is 5.10 Å². The molecule has 6 nitrogen and oxygen atoms in total. The molecule has 3 heterocycles. The zero-order chi connectivity index (χ0) is 13.4. The molecule has 0 bridgehead atoms. The lowest BCUT2D eigenvalue weighted by Crippen LogP contribution is -2.21. The summed E-state index contributed by atoms with van der Waals surface area (Å²) in [6.07, 6.45) is 3.40. The Morgan fingerprint density at radius 2 is 2.37 bits per heavy atom. The molecule has 0 saturated heterocycles. The Bertz CT molecular complexity index is 696. The van der Waals surface area contributed by atoms with Crippen molar-refractivity contribution in [2.45, 2.75) is 12.8 Å². The van der Waals surface area contributed by atoms with E-state index in [1.54, 1.807) is 12.4 Å². The second kappa shape index (κ2) is 4.14. The average molecular weight is 253 g/mol. The Kier molecular flexibility index (Phi) is 2.46. The molecule has 0 unspecified atom stereocenters. The van der Waals surface area contributed by atoms with Gasteiger partial charge in [-0.3, -0.25) is 10.1 Å². The van der Waals surface area contributed by atoms with Crippen LogP contribution in [0.5, 0.6) is 5.88 Å². The molecule has 2 aromatic heterocycles. The summed E-state index contributed by atoms with van der Waals surface area (Å²) in [6.45, 7) is 1.88. The van der Waals surface area contributed by atoms with Crippen molar-refractivity contribution in [2.24, 2.45) is 5.73 Å². The lowest BCUT2D eigenvalue weighted by Gasteiger charge is -2.23. The number of nitrogens with one attached hydrogen (secondary N) is 1. The van der Waals surface area contributed by atoms with Crippen LogP contribution in [0.4, 0.5) is 0 Å². The fourth-order valence-corrected chi connectivity index (χ4v) is 2.28. The number of aromatic nitrogens is 3. The van der Waals surface area contributed by atoms with Crippen molar-refractivity contribution >= 4 is 0 Å². The quantitative estimate of drug-likeness (QED) is 0.798. The maximum Gasteiger partial charge on any atom is 0.244 e. The molecule has 2 aromatic rings. The van der Waals surface area contributed by atoms with Gasteiger partial charge >= 0.3 is 0 Å². The van der Waals surface area contributed by atoms with Crippen LogP contribution in [0.2, 0.25) is 0 Å². The van der Waals surface area contributed by atoms with Gasteiger partial charge in [-0.05, 0) is 18.6 Å². The molecule has 3 N–H and O–H groups in total. The topological polar surface area (TPSA) is 101 Å². The lowest BCUT2D eigenvalue weighted by molar-refractivity contribution is 0.378. The van der Waals surface area contributed by atoms with Crippen molar-refractivity contribution in [3.05, 3.63) is 52.8 Å². The molecule has 1 atom stereocenters. The van der Waals surface area contributed by atoms with Crippen molar-refractivity contribution in [2.75, 3.05) is 0 Å². The third-order valence-electron chi connectivity index (χ3n) is 3.15. The predicted octanol–water partition coefficient (Wildman–Crippen LogP) is 1.33. The Morgan fingerprint density at radius 1 is 1.53 bits per heavy atom. The van der Waals surface area contributed by atoms with E-state index in [4.69, 9.17) is 10.5 Å². The van der Waals surface area contributed by atoms with Gasteiger partial charge < -0.3 is 10.5 Å². The van der Waals surface area contributed by atoms with Crippen molar-refractivity contribution < 1.29 is 4.74 Å². The van der Waals surface area contributed by atoms with Crippen LogP contribution in [0.15, 0.2) is 36.0 Å². The van der Waals surface area contributed by atoms with Gasteiger partial charge in [-0.1, -0.05) is 6.07 Å². The van der Waals surface area contributed by atoms with E-state index in [1.807, 2.05) is 19.1 Å². The molecule has 0 amide bonds. The van der Waals surface area contributed by atoms with Gasteiger partial charge in [-0.25, -0.2) is 0 Å². The molecule has 0 radical (unpaired) electrons. The van der Waals surface area contributed by atoms with Gasteiger partial charge in [0.15, 0.2) is 0 Å². The number of ether oxygens (including phenoxy) is 1. The number of rotatable bonds is 1. The predicted molar refractivity (Wildman–Crippen MR) is 66.9 cm³/mol. The molecule has 19 heavy (non-hydrogen) atoms. The maximum absolute atomic E-state index is 9.33. The minimum Gasteiger partial charge on any atom is -0.420 e. The Labute approximate surface area is 109 Å². The van der Waals surface area contributed by atoms with Crippen molar-refractivity contribution in [1.29, 1.82) is 5.26 Å². The molecular weight excluding hydrogens is 242 g/mol. The highest BCUT2D eigenvalue weighted by molar-refractivity contribution is 5.54. The molecule has 0 aliphatic carbocycles. The van der Waals surface area contributed by atoms with Gasteiger partial charge in [0.2, 0.25) is 11.8 Å². The second-order valence-corrected chi connectivity index (χ2v) is 4.28. The number of fused-ring (bicyclic) bond motifs is 1. The van der Waals surface area contributed by atoms with Gasteiger partial charge in [0.1, 0.15) is 11.6 Å². The van der Waals surface area contributed by atoms with E-state index in [0.29, 0.717) is 11.5 Å². The standard InChI is InChI=1S/C13H11N5O/c1-7-10-11(8-3-2-4-16-6-8)9(5-14)12(15)19-13(10)18-17-7/h2-4,6,11H,15H2,1H3,(H,17,18)/t11-/m0/s1. The first-order valence-corrected chi connectivity index (χ1v) is 5.74. The Morgan fingerprint density at radius 3 is 3.05 bits per heavy atom. The number of aryl methyl sites for hydroxylation is 1. The monoisotopic (exact) mass is 253 g/mol. The van der Waals surface area contributed by atoms with Gasteiger partial charge in [-0.2, -0.15) is 5.26 Å². The number of hydrogen-bond donors (Lipinski definition) is 2. The summed E-state index contributed by atoms with van der Waals surface area (Å²) in [5, 5.41) is 16.2. The van der Waals surface area contributed by atoms with Crippen LogP contribution in [0, 0.1) is 18.3 Å². The first kappa shape index (κ1) is 11.3. The summed E-state index contributed by atoms with van der Waals surface area (Å²) in [4.78, 5) is 4.10. The molecule has 0 aromatic carbocycles. The number of nitriles is 1. The number of hydrogen-bond acceptors (Lipinski definition) is 5. The van der Waals surface area contributed by atoms with Crippen LogP contribution in [0.3, 0.4) is 0 Å². The molecule has 0 saturated carbocycles. The largest absolute Gasteiger partial charge is 0.420 e. The van der Waals surface area contributed by atoms with E-state index in [1.165, 1.54) is 0 Å². The van der Waals surface area contributed by atoms with Crippen molar-refractivity contribution in [3.8, 4) is 11.9 Å². The summed E-state index contributed by atoms with van der Waals surface area (Å²) in [5.41, 5.74) is 8.75. The third kappa shape index (κ3) is 1.64. The minimum atomic E-state index is -0.291. The summed E-state index contributed by atoms with van der Waals surface area (Å²) in [5.74, 6) is 0.222.